The molecule has 0 spiro atoms. The first-order valence-electron chi connectivity index (χ1n) is 6.77. The lowest BCUT2D eigenvalue weighted by Crippen LogP contribution is -2.26. The van der Waals surface area contributed by atoms with Crippen molar-refractivity contribution in [3.05, 3.63) is 35.9 Å². The standard InChI is InChI=1S/C16H23NO2/c1-4-6-7-10-17-16(18)12-14-11-13(5-2)8-9-15(14)19-3/h5,8-9,11H,2,4,6-7,10,12H2,1,3H3,(H,17,18). The quantitative estimate of drug-likeness (QED) is 0.730. The second-order valence-electron chi connectivity index (χ2n) is 4.51. The van der Waals surface area contributed by atoms with Crippen molar-refractivity contribution in [2.24, 2.45) is 0 Å². The fourth-order valence-corrected chi connectivity index (χ4v) is 1.90. The van der Waals surface area contributed by atoms with Crippen LogP contribution in [0.5, 0.6) is 5.75 Å². The maximum Gasteiger partial charge on any atom is 0.224 e. The first-order chi connectivity index (χ1) is 9.21. The van der Waals surface area contributed by atoms with Crippen LogP contribution in [0.25, 0.3) is 6.08 Å². The van der Waals surface area contributed by atoms with Gasteiger partial charge in [-0.2, -0.15) is 0 Å². The second kappa shape index (κ2) is 8.35. The highest BCUT2D eigenvalue weighted by atomic mass is 16.5. The Labute approximate surface area is 115 Å². The molecule has 1 amide bonds. The van der Waals surface area contributed by atoms with Crippen LogP contribution in [0.15, 0.2) is 24.8 Å². The SMILES string of the molecule is C=Cc1ccc(OC)c(CC(=O)NCCCCC)c1. The molecule has 1 aromatic carbocycles. The van der Waals surface area contributed by atoms with Crippen molar-refractivity contribution in [3.8, 4) is 5.75 Å². The van der Waals surface area contributed by atoms with Gasteiger partial charge in [-0.05, 0) is 24.1 Å². The third-order valence-electron chi connectivity index (χ3n) is 2.99. The number of amides is 1. The third kappa shape index (κ3) is 5.16. The summed E-state index contributed by atoms with van der Waals surface area (Å²) in [6.45, 7) is 6.63. The van der Waals surface area contributed by atoms with Crippen LogP contribution in [0.2, 0.25) is 0 Å². The molecule has 0 atom stereocenters. The molecule has 0 fully saturated rings. The smallest absolute Gasteiger partial charge is 0.224 e. The van der Waals surface area contributed by atoms with Gasteiger partial charge in [0.15, 0.2) is 0 Å². The van der Waals surface area contributed by atoms with Crippen LogP contribution in [0.1, 0.15) is 37.3 Å². The molecule has 0 radical (unpaired) electrons. The Balaban J connectivity index is 2.59. The number of benzene rings is 1. The van der Waals surface area contributed by atoms with E-state index in [1.807, 2.05) is 18.2 Å². The summed E-state index contributed by atoms with van der Waals surface area (Å²) in [6.07, 6.45) is 5.45. The predicted octanol–water partition coefficient (Wildman–Crippen LogP) is 3.19. The number of rotatable bonds is 8. The van der Waals surface area contributed by atoms with Crippen LogP contribution >= 0.6 is 0 Å². The van der Waals surface area contributed by atoms with Gasteiger partial charge in [0.05, 0.1) is 13.5 Å². The molecular weight excluding hydrogens is 238 g/mol. The molecule has 1 rings (SSSR count). The van der Waals surface area contributed by atoms with Crippen molar-refractivity contribution >= 4 is 12.0 Å². The van der Waals surface area contributed by atoms with Crippen molar-refractivity contribution < 1.29 is 9.53 Å². The highest BCUT2D eigenvalue weighted by Crippen LogP contribution is 2.21. The maximum absolute atomic E-state index is 11.9. The summed E-state index contributed by atoms with van der Waals surface area (Å²) in [5, 5.41) is 2.93. The molecule has 0 heterocycles. The Morgan fingerprint density at radius 1 is 1.42 bits per heavy atom. The van der Waals surface area contributed by atoms with Gasteiger partial charge in [-0.25, -0.2) is 0 Å². The highest BCUT2D eigenvalue weighted by Gasteiger charge is 2.08. The molecule has 0 aliphatic carbocycles. The van der Waals surface area contributed by atoms with E-state index in [1.165, 1.54) is 0 Å². The van der Waals surface area contributed by atoms with E-state index in [4.69, 9.17) is 4.74 Å². The van der Waals surface area contributed by atoms with Gasteiger partial charge in [0.2, 0.25) is 5.91 Å². The number of hydrogen-bond donors (Lipinski definition) is 1. The average molecular weight is 261 g/mol. The normalized spacial score (nSPS) is 10.0. The summed E-state index contributed by atoms with van der Waals surface area (Å²) in [4.78, 5) is 11.9. The van der Waals surface area contributed by atoms with Gasteiger partial charge in [-0.3, -0.25) is 4.79 Å². The van der Waals surface area contributed by atoms with Crippen molar-refractivity contribution in [1.29, 1.82) is 0 Å². The minimum absolute atomic E-state index is 0.0376. The van der Waals surface area contributed by atoms with Crippen LogP contribution in [-0.2, 0) is 11.2 Å². The van der Waals surface area contributed by atoms with Crippen LogP contribution in [0.4, 0.5) is 0 Å². The number of nitrogens with one attached hydrogen (secondary N) is 1. The summed E-state index contributed by atoms with van der Waals surface area (Å²) in [5.41, 5.74) is 1.89. The lowest BCUT2D eigenvalue weighted by Gasteiger charge is -2.10. The minimum atomic E-state index is 0.0376. The summed E-state index contributed by atoms with van der Waals surface area (Å²) in [6, 6.07) is 5.74. The van der Waals surface area contributed by atoms with E-state index in [0.29, 0.717) is 6.42 Å². The molecule has 0 bridgehead atoms. The van der Waals surface area contributed by atoms with Crippen molar-refractivity contribution in [3.63, 3.8) is 0 Å². The van der Waals surface area contributed by atoms with E-state index >= 15 is 0 Å². The minimum Gasteiger partial charge on any atom is -0.496 e. The third-order valence-corrected chi connectivity index (χ3v) is 2.99. The zero-order chi connectivity index (χ0) is 14.1. The van der Waals surface area contributed by atoms with Crippen LogP contribution in [-0.4, -0.2) is 19.6 Å². The van der Waals surface area contributed by atoms with Gasteiger partial charge in [0.1, 0.15) is 5.75 Å². The number of ether oxygens (including phenoxy) is 1. The topological polar surface area (TPSA) is 38.3 Å². The van der Waals surface area contributed by atoms with Gasteiger partial charge in [-0.15, -0.1) is 0 Å². The molecule has 0 aromatic heterocycles. The number of methoxy groups -OCH3 is 1. The Morgan fingerprint density at radius 2 is 2.21 bits per heavy atom. The fraction of sp³-hybridized carbons (Fsp3) is 0.438. The van der Waals surface area contributed by atoms with E-state index < -0.39 is 0 Å². The summed E-state index contributed by atoms with van der Waals surface area (Å²) in [5.74, 6) is 0.782. The zero-order valence-corrected chi connectivity index (χ0v) is 11.9. The van der Waals surface area contributed by atoms with Gasteiger partial charge in [-0.1, -0.05) is 38.5 Å². The first-order valence-corrected chi connectivity index (χ1v) is 6.77. The van der Waals surface area contributed by atoms with Crippen molar-refractivity contribution in [2.75, 3.05) is 13.7 Å². The molecule has 1 N–H and O–H groups in total. The molecular formula is C16H23NO2. The summed E-state index contributed by atoms with van der Waals surface area (Å²) < 4.78 is 5.27. The zero-order valence-electron chi connectivity index (χ0n) is 11.9. The van der Waals surface area contributed by atoms with Crippen LogP contribution < -0.4 is 10.1 Å². The van der Waals surface area contributed by atoms with E-state index in [2.05, 4.69) is 18.8 Å². The predicted molar refractivity (Wildman–Crippen MR) is 79.3 cm³/mol. The molecule has 0 unspecified atom stereocenters. The van der Waals surface area contributed by atoms with Gasteiger partial charge < -0.3 is 10.1 Å². The van der Waals surface area contributed by atoms with Gasteiger partial charge in [0, 0.05) is 12.1 Å². The largest absolute Gasteiger partial charge is 0.496 e. The average Bonchev–Trinajstić information content (AvgIpc) is 2.43. The Bertz CT molecular complexity index is 427. The van der Waals surface area contributed by atoms with Gasteiger partial charge in [0.25, 0.3) is 0 Å². The molecule has 1 aromatic rings. The lowest BCUT2D eigenvalue weighted by molar-refractivity contribution is -0.120. The second-order valence-corrected chi connectivity index (χ2v) is 4.51. The van der Waals surface area contributed by atoms with E-state index in [9.17, 15) is 4.79 Å². The number of unbranched alkanes of at least 4 members (excludes halogenated alkanes) is 2. The number of carbonyl (C=O) groups is 1. The first kappa shape index (κ1) is 15.3. The molecule has 0 saturated carbocycles. The van der Waals surface area contributed by atoms with Crippen LogP contribution in [0.3, 0.4) is 0 Å². The lowest BCUT2D eigenvalue weighted by atomic mass is 10.1. The molecule has 0 saturated heterocycles. The van der Waals surface area contributed by atoms with Crippen molar-refractivity contribution in [2.45, 2.75) is 32.6 Å². The molecule has 3 nitrogen and oxygen atoms in total. The summed E-state index contributed by atoms with van der Waals surface area (Å²) in [7, 11) is 1.62. The van der Waals surface area contributed by atoms with E-state index in [1.54, 1.807) is 13.2 Å². The molecule has 3 heteroatoms. The number of carbonyl (C=O) groups excluding carboxylic acids is 1. The Morgan fingerprint density at radius 3 is 2.84 bits per heavy atom. The number of hydrogen-bond acceptors (Lipinski definition) is 2. The van der Waals surface area contributed by atoms with E-state index in [-0.39, 0.29) is 5.91 Å². The Kier molecular flexibility index (Phi) is 6.72. The maximum atomic E-state index is 11.9. The molecule has 104 valence electrons. The molecule has 0 aliphatic rings. The van der Waals surface area contributed by atoms with E-state index in [0.717, 1.165) is 42.7 Å². The monoisotopic (exact) mass is 261 g/mol. The van der Waals surface area contributed by atoms with Gasteiger partial charge >= 0.3 is 0 Å². The molecule has 0 aliphatic heterocycles. The molecule has 19 heavy (non-hydrogen) atoms. The summed E-state index contributed by atoms with van der Waals surface area (Å²) >= 11 is 0. The fourth-order valence-electron chi connectivity index (χ4n) is 1.90. The van der Waals surface area contributed by atoms with Crippen LogP contribution in [0, 0.1) is 0 Å². The Hall–Kier alpha value is -1.77. The van der Waals surface area contributed by atoms with Crippen molar-refractivity contribution in [1.82, 2.24) is 5.32 Å². The highest BCUT2D eigenvalue weighted by molar-refractivity contribution is 5.79.